The quantitative estimate of drug-likeness (QED) is 0.277. The first-order valence-corrected chi connectivity index (χ1v) is 10.4. The smallest absolute Gasteiger partial charge is 0.224 e. The molecule has 2 heteroatoms. The average Bonchev–Trinajstić information content (AvgIpc) is 2.65. The molecule has 1 rings (SSSR count). The van der Waals surface area contributed by atoms with Crippen molar-refractivity contribution < 1.29 is 4.79 Å². The van der Waals surface area contributed by atoms with Crippen molar-refractivity contribution in [2.24, 2.45) is 5.73 Å². The minimum Gasteiger partial charge on any atom is -0.369 e. The molecule has 1 aromatic carbocycles. The van der Waals surface area contributed by atoms with Gasteiger partial charge >= 0.3 is 0 Å². The van der Waals surface area contributed by atoms with Crippen LogP contribution in [0.15, 0.2) is 54.6 Å². The Kier molecular flexibility index (Phi) is 13.2. The highest BCUT2D eigenvalue weighted by molar-refractivity contribution is 5.81. The topological polar surface area (TPSA) is 43.1 Å². The van der Waals surface area contributed by atoms with Crippen LogP contribution in [0.25, 0.3) is 0 Å². The van der Waals surface area contributed by atoms with Gasteiger partial charge in [0.1, 0.15) is 0 Å². The van der Waals surface area contributed by atoms with E-state index in [0.717, 1.165) is 31.2 Å². The first kappa shape index (κ1) is 22.2. The van der Waals surface area contributed by atoms with Crippen LogP contribution in [0.5, 0.6) is 0 Å². The Morgan fingerprint density at radius 3 is 2.12 bits per heavy atom. The van der Waals surface area contributed by atoms with Gasteiger partial charge in [-0.15, -0.1) is 0 Å². The molecule has 1 unspecified atom stereocenters. The maximum absolute atomic E-state index is 11.7. The predicted molar refractivity (Wildman–Crippen MR) is 113 cm³/mol. The fourth-order valence-corrected chi connectivity index (χ4v) is 3.14. The molecule has 0 fully saturated rings. The van der Waals surface area contributed by atoms with E-state index in [4.69, 9.17) is 5.73 Å². The molecule has 1 aromatic rings. The van der Waals surface area contributed by atoms with E-state index in [-0.39, 0.29) is 11.8 Å². The van der Waals surface area contributed by atoms with Gasteiger partial charge in [-0.25, -0.2) is 0 Å². The summed E-state index contributed by atoms with van der Waals surface area (Å²) in [5, 5.41) is 0. The van der Waals surface area contributed by atoms with Crippen molar-refractivity contribution in [2.75, 3.05) is 0 Å². The van der Waals surface area contributed by atoms with Crippen LogP contribution in [0, 0.1) is 0 Å². The van der Waals surface area contributed by atoms with E-state index in [9.17, 15) is 4.79 Å². The average molecular weight is 356 g/mol. The number of carbonyl (C=O) groups is 1. The molecule has 0 saturated heterocycles. The van der Waals surface area contributed by atoms with Gasteiger partial charge in [0.05, 0.1) is 5.92 Å². The Balaban J connectivity index is 2.04. The van der Waals surface area contributed by atoms with Gasteiger partial charge in [0.15, 0.2) is 0 Å². The number of hydrogen-bond acceptors (Lipinski definition) is 1. The third-order valence-electron chi connectivity index (χ3n) is 4.74. The van der Waals surface area contributed by atoms with Crippen molar-refractivity contribution in [3.8, 4) is 0 Å². The van der Waals surface area contributed by atoms with E-state index in [1.54, 1.807) is 0 Å². The molecule has 0 spiro atoms. The van der Waals surface area contributed by atoms with Crippen LogP contribution < -0.4 is 5.73 Å². The Morgan fingerprint density at radius 1 is 0.885 bits per heavy atom. The molecule has 0 heterocycles. The lowest BCUT2D eigenvalue weighted by Gasteiger charge is -2.13. The molecule has 0 saturated carbocycles. The van der Waals surface area contributed by atoms with E-state index in [1.165, 1.54) is 44.9 Å². The molecule has 2 nitrogen and oxygen atoms in total. The molecular formula is C24H37NO. The van der Waals surface area contributed by atoms with Crippen molar-refractivity contribution in [3.63, 3.8) is 0 Å². The highest BCUT2D eigenvalue weighted by Gasteiger charge is 2.16. The maximum Gasteiger partial charge on any atom is 0.224 e. The second kappa shape index (κ2) is 15.4. The minimum absolute atomic E-state index is 0.139. The summed E-state index contributed by atoms with van der Waals surface area (Å²) in [6.07, 6.45) is 22.1. The maximum atomic E-state index is 11.7. The van der Waals surface area contributed by atoms with E-state index >= 15 is 0 Å². The van der Waals surface area contributed by atoms with Gasteiger partial charge < -0.3 is 5.73 Å². The zero-order chi connectivity index (χ0) is 18.9. The van der Waals surface area contributed by atoms with Gasteiger partial charge in [0, 0.05) is 0 Å². The Hall–Kier alpha value is -1.83. The number of primary amides is 1. The largest absolute Gasteiger partial charge is 0.369 e. The highest BCUT2D eigenvalue weighted by Crippen LogP contribution is 2.22. The molecule has 0 radical (unpaired) electrons. The molecule has 1 atom stereocenters. The predicted octanol–water partition coefficient (Wildman–Crippen LogP) is 6.68. The van der Waals surface area contributed by atoms with E-state index in [0.29, 0.717) is 0 Å². The standard InChI is InChI=1S/C24H37NO/c1-2-3-4-5-6-7-8-9-10-11-12-13-14-18-21-23(24(25)26)22-19-16-15-17-20-22/h6-7,9-10,15-17,19-20,23H,2-5,8,11-14,18,21H2,1H3,(H2,25,26)/b7-6-,10-9-. The zero-order valence-corrected chi connectivity index (χ0v) is 16.5. The van der Waals surface area contributed by atoms with Crippen LogP contribution in [0.2, 0.25) is 0 Å². The summed E-state index contributed by atoms with van der Waals surface area (Å²) in [5.74, 6) is -0.345. The molecule has 144 valence electrons. The van der Waals surface area contributed by atoms with E-state index < -0.39 is 0 Å². The third kappa shape index (κ3) is 10.9. The lowest BCUT2D eigenvalue weighted by atomic mass is 9.92. The Morgan fingerprint density at radius 2 is 1.50 bits per heavy atom. The number of unbranched alkanes of at least 4 members (excludes halogenated alkanes) is 7. The van der Waals surface area contributed by atoms with Crippen molar-refractivity contribution in [1.82, 2.24) is 0 Å². The van der Waals surface area contributed by atoms with Crippen molar-refractivity contribution in [1.29, 1.82) is 0 Å². The second-order valence-corrected chi connectivity index (χ2v) is 7.03. The summed E-state index contributed by atoms with van der Waals surface area (Å²) in [4.78, 5) is 11.7. The van der Waals surface area contributed by atoms with Crippen LogP contribution in [0.4, 0.5) is 0 Å². The van der Waals surface area contributed by atoms with E-state index in [2.05, 4.69) is 31.2 Å². The SMILES string of the molecule is CCCCC/C=C\C/C=C\CCCCCCC(C(N)=O)c1ccccc1. The fraction of sp³-hybridized carbons (Fsp3) is 0.542. The normalized spacial score (nSPS) is 12.8. The summed E-state index contributed by atoms with van der Waals surface area (Å²) >= 11 is 0. The first-order valence-electron chi connectivity index (χ1n) is 10.4. The van der Waals surface area contributed by atoms with Gasteiger partial charge in [-0.2, -0.15) is 0 Å². The van der Waals surface area contributed by atoms with Crippen LogP contribution in [0.1, 0.15) is 89.0 Å². The molecule has 0 aromatic heterocycles. The Labute approximate surface area is 160 Å². The first-order chi connectivity index (χ1) is 12.8. The van der Waals surface area contributed by atoms with Crippen molar-refractivity contribution >= 4 is 5.91 Å². The summed E-state index contributed by atoms with van der Waals surface area (Å²) < 4.78 is 0. The summed E-state index contributed by atoms with van der Waals surface area (Å²) in [6, 6.07) is 9.91. The lowest BCUT2D eigenvalue weighted by Crippen LogP contribution is -2.21. The number of carbonyl (C=O) groups excluding carboxylic acids is 1. The minimum atomic E-state index is -0.207. The number of hydrogen-bond donors (Lipinski definition) is 1. The number of benzene rings is 1. The number of allylic oxidation sites excluding steroid dienone is 4. The van der Waals surface area contributed by atoms with Crippen LogP contribution in [0.3, 0.4) is 0 Å². The summed E-state index contributed by atoms with van der Waals surface area (Å²) in [5.41, 5.74) is 6.62. The lowest BCUT2D eigenvalue weighted by molar-refractivity contribution is -0.119. The Bertz CT molecular complexity index is 518. The number of rotatable bonds is 15. The molecule has 0 aliphatic rings. The van der Waals surface area contributed by atoms with Crippen LogP contribution in [-0.4, -0.2) is 5.91 Å². The van der Waals surface area contributed by atoms with Gasteiger partial charge in [0.25, 0.3) is 0 Å². The van der Waals surface area contributed by atoms with Crippen molar-refractivity contribution in [3.05, 3.63) is 60.2 Å². The summed E-state index contributed by atoms with van der Waals surface area (Å²) in [7, 11) is 0. The van der Waals surface area contributed by atoms with Gasteiger partial charge in [0.2, 0.25) is 5.91 Å². The monoisotopic (exact) mass is 355 g/mol. The summed E-state index contributed by atoms with van der Waals surface area (Å²) in [6.45, 7) is 2.24. The molecule has 1 amide bonds. The van der Waals surface area contributed by atoms with Crippen molar-refractivity contribution in [2.45, 2.75) is 83.5 Å². The van der Waals surface area contributed by atoms with Crippen LogP contribution in [-0.2, 0) is 4.79 Å². The molecule has 0 bridgehead atoms. The van der Waals surface area contributed by atoms with Gasteiger partial charge in [-0.05, 0) is 44.1 Å². The molecular weight excluding hydrogens is 318 g/mol. The number of amides is 1. The fourth-order valence-electron chi connectivity index (χ4n) is 3.14. The molecule has 0 aliphatic carbocycles. The van der Waals surface area contributed by atoms with E-state index in [1.807, 2.05) is 30.3 Å². The van der Waals surface area contributed by atoms with Crippen LogP contribution >= 0.6 is 0 Å². The molecule has 2 N–H and O–H groups in total. The molecule has 0 aliphatic heterocycles. The number of nitrogens with two attached hydrogens (primary N) is 1. The second-order valence-electron chi connectivity index (χ2n) is 7.03. The van der Waals surface area contributed by atoms with Gasteiger partial charge in [-0.1, -0.05) is 93.7 Å². The van der Waals surface area contributed by atoms with Gasteiger partial charge in [-0.3, -0.25) is 4.79 Å². The zero-order valence-electron chi connectivity index (χ0n) is 16.5. The highest BCUT2D eigenvalue weighted by atomic mass is 16.1. The third-order valence-corrected chi connectivity index (χ3v) is 4.74. The molecule has 26 heavy (non-hydrogen) atoms.